The Morgan fingerprint density at radius 3 is 2.26 bits per heavy atom. The lowest BCUT2D eigenvalue weighted by Gasteiger charge is -2.16. The van der Waals surface area contributed by atoms with E-state index in [9.17, 15) is 20.2 Å². The number of halogens is 2. The summed E-state index contributed by atoms with van der Waals surface area (Å²) >= 11 is 12.4. The van der Waals surface area contributed by atoms with Crippen LogP contribution in [0.15, 0.2) is 48.5 Å². The summed E-state index contributed by atoms with van der Waals surface area (Å²) in [6.45, 7) is 1.73. The number of anilines is 1. The number of hydrogen-bond acceptors (Lipinski definition) is 6. The van der Waals surface area contributed by atoms with Crippen molar-refractivity contribution in [3.8, 4) is 17.6 Å². The first-order valence-corrected chi connectivity index (χ1v) is 10.6. The summed E-state index contributed by atoms with van der Waals surface area (Å²) in [6.07, 6.45) is 0. The van der Waals surface area contributed by atoms with Crippen LogP contribution >= 0.6 is 23.2 Å². The van der Waals surface area contributed by atoms with E-state index in [1.165, 1.54) is 26.4 Å². The molecule has 0 unspecified atom stereocenters. The summed E-state index contributed by atoms with van der Waals surface area (Å²) in [4.78, 5) is 23.8. The summed E-state index contributed by atoms with van der Waals surface area (Å²) in [7, 11) is 2.70. The van der Waals surface area contributed by atoms with E-state index in [0.717, 1.165) is 6.07 Å². The Morgan fingerprint density at radius 2 is 1.71 bits per heavy atom. The molecule has 3 aromatic rings. The van der Waals surface area contributed by atoms with Crippen LogP contribution in [0, 0.1) is 28.4 Å². The maximum absolute atomic E-state index is 13.0. The first kappa shape index (κ1) is 24.8. The molecule has 174 valence electrons. The van der Waals surface area contributed by atoms with Gasteiger partial charge in [-0.3, -0.25) is 14.9 Å². The Morgan fingerprint density at radius 1 is 1.09 bits per heavy atom. The lowest BCUT2D eigenvalue weighted by Crippen LogP contribution is -2.15. The van der Waals surface area contributed by atoms with E-state index in [4.69, 9.17) is 32.7 Å². The third kappa shape index (κ3) is 5.06. The summed E-state index contributed by atoms with van der Waals surface area (Å²) in [5.74, 6) is -1.09. The monoisotopic (exact) mass is 499 g/mol. The molecular weight excluding hydrogens is 481 g/mol. The van der Waals surface area contributed by atoms with Crippen LogP contribution in [-0.4, -0.2) is 25.1 Å². The van der Waals surface area contributed by atoms with Crippen molar-refractivity contribution in [1.29, 1.82) is 5.26 Å². The lowest BCUT2D eigenvalue weighted by molar-refractivity contribution is -0.385. The second-order valence-electron chi connectivity index (χ2n) is 7.24. The first-order chi connectivity index (χ1) is 16.2. The van der Waals surface area contributed by atoms with E-state index in [1.54, 1.807) is 37.3 Å². The Bertz CT molecular complexity index is 1300. The number of nitrogens with one attached hydrogen (secondary N) is 1. The molecule has 0 fully saturated rings. The summed E-state index contributed by atoms with van der Waals surface area (Å²) in [6, 6.07) is 14.7. The number of nitriles is 1. The fraction of sp³-hybridized carbons (Fsp3) is 0.167. The van der Waals surface area contributed by atoms with Gasteiger partial charge >= 0.3 is 0 Å². The lowest BCUT2D eigenvalue weighted by atomic mass is 9.91. The fourth-order valence-corrected chi connectivity index (χ4v) is 3.83. The van der Waals surface area contributed by atoms with Crippen molar-refractivity contribution in [3.63, 3.8) is 0 Å². The number of benzene rings is 3. The van der Waals surface area contributed by atoms with Crippen molar-refractivity contribution in [2.24, 2.45) is 0 Å². The second kappa shape index (κ2) is 10.4. The van der Waals surface area contributed by atoms with E-state index in [-0.39, 0.29) is 22.1 Å². The highest BCUT2D eigenvalue weighted by Crippen LogP contribution is 2.37. The minimum Gasteiger partial charge on any atom is -0.493 e. The van der Waals surface area contributed by atoms with Crippen molar-refractivity contribution in [2.45, 2.75) is 12.8 Å². The van der Waals surface area contributed by atoms with Gasteiger partial charge in [0.05, 0.1) is 37.2 Å². The van der Waals surface area contributed by atoms with Gasteiger partial charge in [0, 0.05) is 21.8 Å². The van der Waals surface area contributed by atoms with Crippen LogP contribution in [0.4, 0.5) is 11.4 Å². The molecule has 0 saturated heterocycles. The largest absolute Gasteiger partial charge is 0.493 e. The molecule has 0 radical (unpaired) electrons. The number of nitrogens with zero attached hydrogens (tertiary/aromatic N) is 2. The molecule has 0 aliphatic heterocycles. The molecular formula is C24H19Cl2N3O5. The second-order valence-corrected chi connectivity index (χ2v) is 8.08. The average molecular weight is 500 g/mol. The van der Waals surface area contributed by atoms with Gasteiger partial charge in [0.25, 0.3) is 11.6 Å². The molecule has 0 aliphatic rings. The molecule has 1 atom stereocenters. The van der Waals surface area contributed by atoms with Crippen LogP contribution < -0.4 is 14.8 Å². The van der Waals surface area contributed by atoms with E-state index in [2.05, 4.69) is 11.4 Å². The Labute approximate surface area is 205 Å². The third-order valence-electron chi connectivity index (χ3n) is 5.18. The van der Waals surface area contributed by atoms with E-state index < -0.39 is 22.4 Å². The van der Waals surface area contributed by atoms with Crippen LogP contribution in [0.1, 0.15) is 33.0 Å². The zero-order valence-corrected chi connectivity index (χ0v) is 19.9. The molecule has 3 aromatic carbocycles. The number of carbonyl (C=O) groups excluding carboxylic acids is 1. The minimum absolute atomic E-state index is 0.124. The van der Waals surface area contributed by atoms with E-state index in [1.807, 2.05) is 0 Å². The molecule has 10 heteroatoms. The molecule has 8 nitrogen and oxygen atoms in total. The zero-order valence-electron chi connectivity index (χ0n) is 18.4. The molecule has 0 aliphatic carbocycles. The minimum atomic E-state index is -0.728. The van der Waals surface area contributed by atoms with Gasteiger partial charge in [-0.15, -0.1) is 0 Å². The molecule has 0 aromatic heterocycles. The Hall–Kier alpha value is -3.80. The number of methoxy groups -OCH3 is 2. The van der Waals surface area contributed by atoms with Crippen molar-refractivity contribution in [2.75, 3.05) is 19.5 Å². The van der Waals surface area contributed by atoms with Crippen molar-refractivity contribution >= 4 is 40.5 Å². The number of amides is 1. The summed E-state index contributed by atoms with van der Waals surface area (Å²) in [5, 5.41) is 24.8. The van der Waals surface area contributed by atoms with Gasteiger partial charge in [-0.2, -0.15) is 5.26 Å². The number of ether oxygens (including phenoxy) is 2. The van der Waals surface area contributed by atoms with Crippen LogP contribution in [0.5, 0.6) is 11.5 Å². The van der Waals surface area contributed by atoms with Gasteiger partial charge in [0.1, 0.15) is 5.56 Å². The Balaban J connectivity index is 1.98. The molecule has 0 saturated carbocycles. The van der Waals surface area contributed by atoms with Gasteiger partial charge in [0.15, 0.2) is 11.5 Å². The van der Waals surface area contributed by atoms with E-state index in [0.29, 0.717) is 27.4 Å². The molecule has 3 rings (SSSR count). The Kier molecular flexibility index (Phi) is 7.61. The van der Waals surface area contributed by atoms with Crippen LogP contribution in [0.2, 0.25) is 10.0 Å². The maximum Gasteiger partial charge on any atom is 0.286 e. The smallest absolute Gasteiger partial charge is 0.286 e. The first-order valence-electron chi connectivity index (χ1n) is 9.87. The number of hydrogen-bond donors (Lipinski definition) is 1. The quantitative estimate of drug-likeness (QED) is 0.308. The number of aryl methyl sites for hydroxylation is 1. The molecule has 0 spiro atoms. The van der Waals surface area contributed by atoms with Gasteiger partial charge < -0.3 is 14.8 Å². The predicted molar refractivity (Wildman–Crippen MR) is 129 cm³/mol. The zero-order chi connectivity index (χ0) is 25.0. The SMILES string of the molecule is COc1cc(C(=O)Nc2cc(Cl)c([C@@H](C#N)c3ccc(Cl)cc3)cc2C)c([N+](=O)[O-])cc1OC. The topological polar surface area (TPSA) is 114 Å². The van der Waals surface area contributed by atoms with Gasteiger partial charge in [-0.25, -0.2) is 0 Å². The number of nitro benzene ring substituents is 1. The normalized spacial score (nSPS) is 11.3. The number of carbonyl (C=O) groups is 1. The van der Waals surface area contributed by atoms with Gasteiger partial charge in [0.2, 0.25) is 0 Å². The van der Waals surface area contributed by atoms with Crippen LogP contribution in [0.3, 0.4) is 0 Å². The van der Waals surface area contributed by atoms with Crippen LogP contribution in [0.25, 0.3) is 0 Å². The molecule has 1 amide bonds. The van der Waals surface area contributed by atoms with Crippen LogP contribution in [-0.2, 0) is 0 Å². The predicted octanol–water partition coefficient (Wildman–Crippen LogP) is 6.14. The van der Waals surface area contributed by atoms with Crippen molar-refractivity contribution < 1.29 is 19.2 Å². The molecule has 0 heterocycles. The highest BCUT2D eigenvalue weighted by Gasteiger charge is 2.26. The third-order valence-corrected chi connectivity index (χ3v) is 5.76. The number of nitro groups is 1. The highest BCUT2D eigenvalue weighted by atomic mass is 35.5. The number of rotatable bonds is 7. The fourth-order valence-electron chi connectivity index (χ4n) is 3.43. The summed E-state index contributed by atoms with van der Waals surface area (Å²) < 4.78 is 10.3. The molecule has 0 bridgehead atoms. The van der Waals surface area contributed by atoms with Gasteiger partial charge in [-0.05, 0) is 41.8 Å². The van der Waals surface area contributed by atoms with Gasteiger partial charge in [-0.1, -0.05) is 41.4 Å². The standard InChI is InChI=1S/C24H19Cl2N3O5/c1-13-8-16(18(12-27)14-4-6-15(25)7-5-14)19(26)10-20(13)28-24(30)17-9-22(33-2)23(34-3)11-21(17)29(31)32/h4-11,18H,1-3H3,(H,28,30)/t18-/m0/s1. The van der Waals surface area contributed by atoms with E-state index >= 15 is 0 Å². The van der Waals surface area contributed by atoms with Crippen molar-refractivity contribution in [3.05, 3.63) is 90.9 Å². The molecule has 34 heavy (non-hydrogen) atoms. The van der Waals surface area contributed by atoms with Crippen molar-refractivity contribution in [1.82, 2.24) is 0 Å². The molecule has 1 N–H and O–H groups in total. The maximum atomic E-state index is 13.0. The summed E-state index contributed by atoms with van der Waals surface area (Å²) in [5.41, 5.74) is 1.58. The highest BCUT2D eigenvalue weighted by molar-refractivity contribution is 6.32. The average Bonchev–Trinajstić information content (AvgIpc) is 2.82.